The average Bonchev–Trinajstić information content (AvgIpc) is 2.41. The summed E-state index contributed by atoms with van der Waals surface area (Å²) in [4.78, 5) is 0. The maximum atomic E-state index is 8.79. The van der Waals surface area contributed by atoms with E-state index in [-0.39, 0.29) is 0 Å². The van der Waals surface area contributed by atoms with E-state index in [1.165, 1.54) is 5.98 Å². The number of hydrogen-bond donors (Lipinski definition) is 2. The van der Waals surface area contributed by atoms with Gasteiger partial charge in [-0.3, -0.25) is 0 Å². The van der Waals surface area contributed by atoms with Crippen molar-refractivity contribution in [3.63, 3.8) is 0 Å². The Morgan fingerprint density at radius 2 is 1.47 bits per heavy atom. The first kappa shape index (κ1) is 13.3. The summed E-state index contributed by atoms with van der Waals surface area (Å²) in [5.41, 5.74) is 0. The normalized spacial score (nSPS) is 13.4. The quantitative estimate of drug-likeness (QED) is 0.802. The van der Waals surface area contributed by atoms with Gasteiger partial charge in [-0.05, 0) is 21.2 Å². The maximum Gasteiger partial charge on any atom is 0.480 e. The summed E-state index contributed by atoms with van der Waals surface area (Å²) >= 11 is 0. The van der Waals surface area contributed by atoms with Crippen LogP contribution in [0.5, 0.6) is 0 Å². The van der Waals surface area contributed by atoms with Crippen LogP contribution in [0, 0.1) is 0 Å². The molecule has 2 aromatic rings. The molecule has 0 saturated heterocycles. The largest absolute Gasteiger partial charge is 0.480 e. The van der Waals surface area contributed by atoms with E-state index in [1.807, 2.05) is 42.5 Å². The van der Waals surface area contributed by atoms with E-state index in [2.05, 4.69) is 12.6 Å². The number of fused-ring (bicyclic) bond motifs is 1. The van der Waals surface area contributed by atoms with Crippen molar-refractivity contribution in [2.24, 2.45) is 0 Å². The fraction of sp³-hybridized carbons (Fsp3) is 0. The molecule has 2 nitrogen and oxygen atoms in total. The number of benzene rings is 2. The summed E-state index contributed by atoms with van der Waals surface area (Å²) in [6.07, 6.45) is 7.25. The minimum Gasteiger partial charge on any atom is -0.424 e. The maximum absolute atomic E-state index is 8.79. The molecular weight excluding hydrogens is 235 g/mol. The third-order valence-electron chi connectivity index (χ3n) is 2.85. The van der Waals surface area contributed by atoms with Gasteiger partial charge in [-0.25, -0.2) is 0 Å². The lowest BCUT2D eigenvalue weighted by molar-refractivity contribution is 0.424. The highest BCUT2D eigenvalue weighted by atomic mass is 16.4. The van der Waals surface area contributed by atoms with Gasteiger partial charge in [0.05, 0.1) is 0 Å². The van der Waals surface area contributed by atoms with E-state index in [0.29, 0.717) is 0 Å². The third-order valence-corrected chi connectivity index (χ3v) is 2.85. The molecule has 3 heteroatoms. The molecule has 0 aromatic heterocycles. The SMILES string of the molecule is C=C/C=c1/cc/c(=C/C=C/B(O)O)c2ccccc12. The summed E-state index contributed by atoms with van der Waals surface area (Å²) < 4.78 is 0. The first-order valence-electron chi connectivity index (χ1n) is 6.07. The van der Waals surface area contributed by atoms with Crippen molar-refractivity contribution in [1.29, 1.82) is 0 Å². The zero-order valence-corrected chi connectivity index (χ0v) is 10.5. The third kappa shape index (κ3) is 3.22. The molecule has 0 aliphatic rings. The lowest BCUT2D eigenvalue weighted by Crippen LogP contribution is -2.11. The van der Waals surface area contributed by atoms with Crippen molar-refractivity contribution >= 4 is 30.0 Å². The Morgan fingerprint density at radius 3 is 2.00 bits per heavy atom. The first-order chi connectivity index (χ1) is 9.22. The topological polar surface area (TPSA) is 40.5 Å². The second-order valence-corrected chi connectivity index (χ2v) is 4.16. The highest BCUT2D eigenvalue weighted by Gasteiger charge is 1.97. The Labute approximate surface area is 112 Å². The second kappa shape index (κ2) is 6.18. The summed E-state index contributed by atoms with van der Waals surface area (Å²) in [5, 5.41) is 22.0. The second-order valence-electron chi connectivity index (χ2n) is 4.16. The van der Waals surface area contributed by atoms with Gasteiger partial charge < -0.3 is 10.0 Å². The van der Waals surface area contributed by atoms with Crippen LogP contribution in [-0.4, -0.2) is 17.2 Å². The van der Waals surface area contributed by atoms with E-state index in [1.54, 1.807) is 12.2 Å². The monoisotopic (exact) mass is 250 g/mol. The molecule has 2 N–H and O–H groups in total. The van der Waals surface area contributed by atoms with Crippen molar-refractivity contribution in [3.8, 4) is 0 Å². The minimum absolute atomic E-state index is 1.04. The van der Waals surface area contributed by atoms with E-state index >= 15 is 0 Å². The molecule has 0 radical (unpaired) electrons. The molecule has 0 aliphatic carbocycles. The standard InChI is InChI=1S/C16H15BO2/c1-2-6-13-10-11-14(7-5-12-17(18)19)16-9-4-3-8-15(13)16/h2-12,18-19H,1H2/b12-5+,13-6-,14-7-. The van der Waals surface area contributed by atoms with Crippen LogP contribution in [0.4, 0.5) is 0 Å². The van der Waals surface area contributed by atoms with Gasteiger partial charge in [0.25, 0.3) is 0 Å². The van der Waals surface area contributed by atoms with Crippen molar-refractivity contribution in [3.05, 3.63) is 71.5 Å². The van der Waals surface area contributed by atoms with Crippen molar-refractivity contribution in [2.75, 3.05) is 0 Å². The average molecular weight is 250 g/mol. The van der Waals surface area contributed by atoms with Crippen LogP contribution in [0.15, 0.2) is 61.1 Å². The van der Waals surface area contributed by atoms with E-state index in [9.17, 15) is 0 Å². The molecule has 2 aromatic carbocycles. The highest BCUT2D eigenvalue weighted by molar-refractivity contribution is 6.47. The molecule has 0 spiro atoms. The molecule has 94 valence electrons. The molecule has 19 heavy (non-hydrogen) atoms. The van der Waals surface area contributed by atoms with Gasteiger partial charge in [-0.1, -0.05) is 73.3 Å². The van der Waals surface area contributed by atoms with Crippen LogP contribution in [-0.2, 0) is 0 Å². The number of allylic oxidation sites excluding steroid dienone is 2. The molecule has 0 bridgehead atoms. The molecule has 2 rings (SSSR count). The lowest BCUT2D eigenvalue weighted by atomic mass is 9.91. The molecular formula is C16H15BO2. The lowest BCUT2D eigenvalue weighted by Gasteiger charge is -1.99. The molecule has 0 heterocycles. The van der Waals surface area contributed by atoms with Gasteiger partial charge in [0, 0.05) is 0 Å². The van der Waals surface area contributed by atoms with Gasteiger partial charge >= 0.3 is 7.12 Å². The summed E-state index contributed by atoms with van der Waals surface area (Å²) in [5.74, 6) is 1.32. The molecule has 0 unspecified atom stereocenters. The van der Waals surface area contributed by atoms with Crippen molar-refractivity contribution < 1.29 is 10.0 Å². The van der Waals surface area contributed by atoms with E-state index in [4.69, 9.17) is 10.0 Å². The van der Waals surface area contributed by atoms with Crippen molar-refractivity contribution in [1.82, 2.24) is 0 Å². The molecule has 0 amide bonds. The summed E-state index contributed by atoms with van der Waals surface area (Å²) in [6, 6.07) is 12.1. The highest BCUT2D eigenvalue weighted by Crippen LogP contribution is 2.04. The van der Waals surface area contributed by atoms with Gasteiger partial charge in [-0.2, -0.15) is 0 Å². The molecule has 0 atom stereocenters. The zero-order valence-electron chi connectivity index (χ0n) is 10.5. The van der Waals surface area contributed by atoms with E-state index in [0.717, 1.165) is 21.2 Å². The predicted molar refractivity (Wildman–Crippen MR) is 81.7 cm³/mol. The molecule has 0 saturated carbocycles. The Balaban J connectivity index is 2.69. The molecule has 0 fully saturated rings. The smallest absolute Gasteiger partial charge is 0.424 e. The molecule has 0 aliphatic heterocycles. The van der Waals surface area contributed by atoms with Crippen LogP contribution in [0.2, 0.25) is 0 Å². The minimum atomic E-state index is -1.42. The Hall–Kier alpha value is -2.10. The van der Waals surface area contributed by atoms with Gasteiger partial charge in [-0.15, -0.1) is 0 Å². The Bertz CT molecular complexity index is 730. The van der Waals surface area contributed by atoms with E-state index < -0.39 is 7.12 Å². The summed E-state index contributed by atoms with van der Waals surface area (Å²) in [7, 11) is -1.42. The van der Waals surface area contributed by atoms with Crippen molar-refractivity contribution in [2.45, 2.75) is 0 Å². The van der Waals surface area contributed by atoms with Crippen LogP contribution in [0.1, 0.15) is 0 Å². The number of rotatable bonds is 3. The fourth-order valence-corrected chi connectivity index (χ4v) is 2.02. The van der Waals surface area contributed by atoms with Crippen LogP contribution in [0.3, 0.4) is 0 Å². The predicted octanol–water partition coefficient (Wildman–Crippen LogP) is 1.16. The van der Waals surface area contributed by atoms with Crippen LogP contribution in [0.25, 0.3) is 22.9 Å². The Kier molecular flexibility index (Phi) is 4.34. The fourth-order valence-electron chi connectivity index (χ4n) is 2.02. The first-order valence-corrected chi connectivity index (χ1v) is 6.07. The van der Waals surface area contributed by atoms with Gasteiger partial charge in [0.15, 0.2) is 0 Å². The van der Waals surface area contributed by atoms with Crippen LogP contribution >= 0.6 is 0 Å². The van der Waals surface area contributed by atoms with Gasteiger partial charge in [0.2, 0.25) is 0 Å². The number of hydrogen-bond acceptors (Lipinski definition) is 2. The van der Waals surface area contributed by atoms with Gasteiger partial charge in [0.1, 0.15) is 0 Å². The zero-order chi connectivity index (χ0) is 13.7. The van der Waals surface area contributed by atoms with Crippen LogP contribution < -0.4 is 10.4 Å². The Morgan fingerprint density at radius 1 is 0.895 bits per heavy atom. The summed E-state index contributed by atoms with van der Waals surface area (Å²) in [6.45, 7) is 3.72.